The van der Waals surface area contributed by atoms with Gasteiger partial charge in [0.15, 0.2) is 0 Å². The molecule has 0 bridgehead atoms. The van der Waals surface area contributed by atoms with Gasteiger partial charge >= 0.3 is 5.97 Å². The van der Waals surface area contributed by atoms with Gasteiger partial charge in [-0.3, -0.25) is 4.79 Å². The zero-order chi connectivity index (χ0) is 25.0. The van der Waals surface area contributed by atoms with Gasteiger partial charge in [0.25, 0.3) is 0 Å². The number of hydrogen-bond acceptors (Lipinski definition) is 5. The molecule has 6 nitrogen and oxygen atoms in total. The predicted molar refractivity (Wildman–Crippen MR) is 134 cm³/mol. The van der Waals surface area contributed by atoms with Gasteiger partial charge in [-0.1, -0.05) is 58.1 Å². The van der Waals surface area contributed by atoms with Gasteiger partial charge < -0.3 is 25.4 Å². The highest BCUT2D eigenvalue weighted by Gasteiger charge is 2.43. The molecule has 1 unspecified atom stereocenters. The van der Waals surface area contributed by atoms with Crippen LogP contribution in [0.1, 0.15) is 66.7 Å². The van der Waals surface area contributed by atoms with Crippen LogP contribution in [0.2, 0.25) is 0 Å². The molecule has 0 radical (unpaired) electrons. The van der Waals surface area contributed by atoms with E-state index in [0.29, 0.717) is 42.1 Å². The van der Waals surface area contributed by atoms with Crippen molar-refractivity contribution in [2.75, 3.05) is 0 Å². The number of carboxylic acids is 1. The van der Waals surface area contributed by atoms with Crippen LogP contribution >= 0.6 is 0 Å². The number of aliphatic carboxylic acids is 1. The molecular weight excluding hydrogens is 430 g/mol. The van der Waals surface area contributed by atoms with E-state index < -0.39 is 30.3 Å². The molecule has 0 aromatic heterocycles. The molecule has 6 heteroatoms. The highest BCUT2D eigenvalue weighted by Crippen LogP contribution is 2.48. The van der Waals surface area contributed by atoms with Gasteiger partial charge in [-0.25, -0.2) is 0 Å². The van der Waals surface area contributed by atoms with Crippen molar-refractivity contribution >= 4 is 5.97 Å². The van der Waals surface area contributed by atoms with E-state index in [2.05, 4.69) is 58.9 Å². The minimum atomic E-state index is -0.912. The zero-order valence-corrected chi connectivity index (χ0v) is 21.5. The third-order valence-corrected chi connectivity index (χ3v) is 8.03. The van der Waals surface area contributed by atoms with E-state index in [0.717, 1.165) is 12.8 Å². The quantitative estimate of drug-likeness (QED) is 0.425. The van der Waals surface area contributed by atoms with E-state index >= 15 is 0 Å². The molecule has 1 saturated carbocycles. The summed E-state index contributed by atoms with van der Waals surface area (Å²) < 4.78 is 12.2. The first-order chi connectivity index (χ1) is 16.1. The molecule has 1 aliphatic carbocycles. The first-order valence-electron chi connectivity index (χ1n) is 13.1. The fourth-order valence-electron chi connectivity index (χ4n) is 5.63. The maximum absolute atomic E-state index is 11.0. The van der Waals surface area contributed by atoms with Crippen LogP contribution in [-0.4, -0.2) is 52.7 Å². The SMILES string of the molecule is CC[C@H]1O[C@@H](/C(C)=C/[C@H](C)/C=C/[C@H]2[C@@H](C)[C@@H]2/C=C/[C@@H]2O[C@H](CC(=O)O)C[C@H](N)[C@H]2O)CCC1C. The van der Waals surface area contributed by atoms with Crippen molar-refractivity contribution < 1.29 is 24.5 Å². The number of aliphatic hydroxyl groups excluding tert-OH is 1. The lowest BCUT2D eigenvalue weighted by Crippen LogP contribution is -2.51. The molecule has 11 atom stereocenters. The summed E-state index contributed by atoms with van der Waals surface area (Å²) in [7, 11) is 0. The van der Waals surface area contributed by atoms with Crippen molar-refractivity contribution in [3.63, 3.8) is 0 Å². The van der Waals surface area contributed by atoms with Crippen molar-refractivity contribution in [3.8, 4) is 0 Å². The van der Waals surface area contributed by atoms with Gasteiger partial charge in [-0.15, -0.1) is 0 Å². The van der Waals surface area contributed by atoms with Crippen molar-refractivity contribution in [2.45, 2.75) is 103 Å². The molecule has 3 aliphatic rings. The third-order valence-electron chi connectivity index (χ3n) is 8.03. The zero-order valence-electron chi connectivity index (χ0n) is 21.5. The van der Waals surface area contributed by atoms with Crippen LogP contribution in [-0.2, 0) is 14.3 Å². The molecule has 192 valence electrons. The monoisotopic (exact) mass is 475 g/mol. The fourth-order valence-corrected chi connectivity index (χ4v) is 5.63. The maximum atomic E-state index is 11.0. The van der Waals surface area contributed by atoms with Crippen LogP contribution in [0.25, 0.3) is 0 Å². The van der Waals surface area contributed by atoms with E-state index in [1.54, 1.807) is 0 Å². The summed E-state index contributed by atoms with van der Waals surface area (Å²) in [5, 5.41) is 19.4. The number of ether oxygens (including phenoxy) is 2. The van der Waals surface area contributed by atoms with E-state index in [4.69, 9.17) is 20.3 Å². The van der Waals surface area contributed by atoms with Crippen molar-refractivity contribution in [2.24, 2.45) is 35.3 Å². The molecule has 34 heavy (non-hydrogen) atoms. The predicted octanol–water partition coefficient (Wildman–Crippen LogP) is 4.48. The molecular formula is C28H45NO5. The molecule has 0 spiro atoms. The molecule has 3 rings (SSSR count). The number of carbonyl (C=O) groups is 1. The number of carboxylic acid groups (broad SMARTS) is 1. The van der Waals surface area contributed by atoms with Crippen molar-refractivity contribution in [1.82, 2.24) is 0 Å². The summed E-state index contributed by atoms with van der Waals surface area (Å²) >= 11 is 0. The summed E-state index contributed by atoms with van der Waals surface area (Å²) in [6.07, 6.45) is 13.4. The topological polar surface area (TPSA) is 102 Å². The minimum absolute atomic E-state index is 0.0925. The normalized spacial score (nSPS) is 42.3. The average Bonchev–Trinajstić information content (AvgIpc) is 3.40. The second kappa shape index (κ2) is 12.0. The van der Waals surface area contributed by atoms with Crippen molar-refractivity contribution in [3.05, 3.63) is 36.0 Å². The Bertz CT molecular complexity index is 777. The van der Waals surface area contributed by atoms with Gasteiger partial charge in [0.2, 0.25) is 0 Å². The van der Waals surface area contributed by atoms with Crippen LogP contribution in [0, 0.1) is 29.6 Å². The molecule has 2 saturated heterocycles. The standard InChI is InChI=1S/C28H45NO5/c1-6-24-17(3)8-11-25(34-24)18(4)13-16(2)7-9-21-19(5)22(21)10-12-26-28(32)23(29)14-20(33-26)15-27(30)31/h7,9-10,12-13,16-17,19-26,28,32H,6,8,11,14-15,29H2,1-5H3,(H,30,31)/b9-7+,12-10+,18-13+/t16-,17?,19-,20+,21+,22+,23+,24-,25-,26+,28-/m1/s1. The fraction of sp³-hybridized carbons (Fsp3) is 0.750. The van der Waals surface area contributed by atoms with Crippen LogP contribution in [0.15, 0.2) is 36.0 Å². The van der Waals surface area contributed by atoms with Gasteiger partial charge in [-0.2, -0.15) is 0 Å². The Labute approximate surface area is 205 Å². The van der Waals surface area contributed by atoms with Crippen LogP contribution < -0.4 is 5.73 Å². The molecule has 2 aliphatic heterocycles. The summed E-state index contributed by atoms with van der Waals surface area (Å²) in [6.45, 7) is 11.1. The number of allylic oxidation sites excluding steroid dienone is 4. The van der Waals surface area contributed by atoms with E-state index in [1.807, 2.05) is 6.08 Å². The van der Waals surface area contributed by atoms with Crippen LogP contribution in [0.3, 0.4) is 0 Å². The second-order valence-electron chi connectivity index (χ2n) is 10.9. The average molecular weight is 476 g/mol. The van der Waals surface area contributed by atoms with Gasteiger partial charge in [0.1, 0.15) is 6.10 Å². The van der Waals surface area contributed by atoms with Crippen LogP contribution in [0.4, 0.5) is 0 Å². The number of rotatable bonds is 9. The molecule has 0 amide bonds. The lowest BCUT2D eigenvalue weighted by molar-refractivity contribution is -0.147. The summed E-state index contributed by atoms with van der Waals surface area (Å²) in [5.41, 5.74) is 7.36. The highest BCUT2D eigenvalue weighted by atomic mass is 16.5. The van der Waals surface area contributed by atoms with Gasteiger partial charge in [-0.05, 0) is 67.8 Å². The largest absolute Gasteiger partial charge is 0.481 e. The number of aliphatic hydroxyl groups is 1. The molecule has 0 aromatic carbocycles. The lowest BCUT2D eigenvalue weighted by atomic mass is 9.89. The first-order valence-corrected chi connectivity index (χ1v) is 13.1. The molecule has 4 N–H and O–H groups in total. The third kappa shape index (κ3) is 7.03. The molecule has 2 heterocycles. The smallest absolute Gasteiger partial charge is 0.305 e. The number of nitrogens with two attached hydrogens (primary N) is 1. The minimum Gasteiger partial charge on any atom is -0.481 e. The molecule has 3 fully saturated rings. The summed E-state index contributed by atoms with van der Waals surface area (Å²) in [4.78, 5) is 11.0. The van der Waals surface area contributed by atoms with E-state index in [1.165, 1.54) is 12.0 Å². The Morgan fingerprint density at radius 3 is 2.53 bits per heavy atom. The first kappa shape index (κ1) is 27.1. The second-order valence-corrected chi connectivity index (χ2v) is 10.9. The van der Waals surface area contributed by atoms with Gasteiger partial charge in [0, 0.05) is 6.04 Å². The Morgan fingerprint density at radius 1 is 1.15 bits per heavy atom. The lowest BCUT2D eigenvalue weighted by Gasteiger charge is -2.36. The number of hydrogen-bond donors (Lipinski definition) is 3. The Kier molecular flexibility index (Phi) is 9.56. The van der Waals surface area contributed by atoms with Crippen LogP contribution in [0.5, 0.6) is 0 Å². The van der Waals surface area contributed by atoms with Gasteiger partial charge in [0.05, 0.1) is 30.8 Å². The molecule has 0 aromatic rings. The Balaban J connectivity index is 1.52. The Hall–Kier alpha value is -1.47. The summed E-state index contributed by atoms with van der Waals surface area (Å²) in [5.74, 6) is 1.47. The maximum Gasteiger partial charge on any atom is 0.305 e. The van der Waals surface area contributed by atoms with E-state index in [-0.39, 0.29) is 12.5 Å². The van der Waals surface area contributed by atoms with E-state index in [9.17, 15) is 9.90 Å². The Morgan fingerprint density at radius 2 is 1.85 bits per heavy atom. The highest BCUT2D eigenvalue weighted by molar-refractivity contribution is 5.67. The summed E-state index contributed by atoms with van der Waals surface area (Å²) in [6, 6.07) is -0.472. The van der Waals surface area contributed by atoms with Crippen molar-refractivity contribution in [1.29, 1.82) is 0 Å².